The third kappa shape index (κ3) is 3.53. The number of hydrogen-bond donors (Lipinski definition) is 2. The monoisotopic (exact) mass is 379 g/mol. The number of benzene rings is 1. The number of rotatable bonds is 5. The van der Waals surface area contributed by atoms with Gasteiger partial charge in [-0.15, -0.1) is 5.10 Å². The number of nitrogens with one attached hydrogen (secondary N) is 2. The molecule has 2 aromatic heterocycles. The first-order valence-electron chi connectivity index (χ1n) is 9.13. The zero-order valence-electron chi connectivity index (χ0n) is 15.8. The summed E-state index contributed by atoms with van der Waals surface area (Å²) in [6, 6.07) is 9.11. The lowest BCUT2D eigenvalue weighted by Gasteiger charge is -2.14. The highest BCUT2D eigenvalue weighted by atomic mass is 16.5. The molecule has 2 N–H and O–H groups in total. The van der Waals surface area contributed by atoms with Crippen LogP contribution < -0.4 is 14.8 Å². The van der Waals surface area contributed by atoms with Crippen molar-refractivity contribution in [2.75, 3.05) is 19.5 Å². The van der Waals surface area contributed by atoms with Crippen molar-refractivity contribution in [2.24, 2.45) is 0 Å². The van der Waals surface area contributed by atoms with Gasteiger partial charge in [0.25, 0.3) is 5.91 Å². The van der Waals surface area contributed by atoms with Gasteiger partial charge in [0.05, 0.1) is 19.8 Å². The largest absolute Gasteiger partial charge is 0.497 e. The number of nitrogens with zero attached hydrogens (tertiary/aromatic N) is 3. The quantitative estimate of drug-likeness (QED) is 0.706. The third-order valence-electron chi connectivity index (χ3n) is 4.79. The minimum Gasteiger partial charge on any atom is -0.497 e. The fraction of sp³-hybridized carbons (Fsp3) is 0.300. The Morgan fingerprint density at radius 1 is 1.07 bits per heavy atom. The second-order valence-electron chi connectivity index (χ2n) is 6.54. The molecule has 8 heteroatoms. The molecule has 8 nitrogen and oxygen atoms in total. The number of aromatic nitrogens is 4. The first kappa shape index (κ1) is 18.0. The zero-order chi connectivity index (χ0) is 19.5. The Hall–Kier alpha value is -3.42. The molecule has 2 heterocycles. The smallest absolute Gasteiger partial charge is 0.276 e. The van der Waals surface area contributed by atoms with E-state index in [0.29, 0.717) is 28.6 Å². The molecule has 1 amide bonds. The Morgan fingerprint density at radius 3 is 2.75 bits per heavy atom. The molecule has 144 valence electrons. The number of aryl methyl sites for hydroxylation is 2. The lowest BCUT2D eigenvalue weighted by molar-refractivity contribution is 0.102. The van der Waals surface area contributed by atoms with Gasteiger partial charge in [0.2, 0.25) is 5.95 Å². The number of carbonyl (C=O) groups is 1. The molecule has 3 aromatic rings. The second kappa shape index (κ2) is 7.67. The highest BCUT2D eigenvalue weighted by Crippen LogP contribution is 2.31. The van der Waals surface area contributed by atoms with E-state index < -0.39 is 0 Å². The van der Waals surface area contributed by atoms with Crippen LogP contribution in [0.3, 0.4) is 0 Å². The highest BCUT2D eigenvalue weighted by molar-refractivity contribution is 6.02. The number of carbonyl (C=O) groups excluding carboxylic acids is 1. The lowest BCUT2D eigenvalue weighted by Crippen LogP contribution is -2.17. The van der Waals surface area contributed by atoms with Crippen LogP contribution in [0.1, 0.15) is 34.6 Å². The summed E-state index contributed by atoms with van der Waals surface area (Å²) in [5.74, 6) is 1.59. The van der Waals surface area contributed by atoms with Gasteiger partial charge in [-0.25, -0.2) is 4.98 Å². The summed E-state index contributed by atoms with van der Waals surface area (Å²) in [5, 5.41) is 9.60. The van der Waals surface area contributed by atoms with Crippen LogP contribution in [-0.2, 0) is 12.8 Å². The lowest BCUT2D eigenvalue weighted by atomic mass is 9.96. The molecule has 0 aliphatic heterocycles. The molecule has 1 aromatic carbocycles. The maximum absolute atomic E-state index is 12.5. The zero-order valence-corrected chi connectivity index (χ0v) is 15.8. The maximum atomic E-state index is 12.5. The summed E-state index contributed by atoms with van der Waals surface area (Å²) < 4.78 is 10.6. The van der Waals surface area contributed by atoms with Crippen molar-refractivity contribution in [1.29, 1.82) is 0 Å². The minimum absolute atomic E-state index is 0.178. The van der Waals surface area contributed by atoms with E-state index in [-0.39, 0.29) is 11.9 Å². The van der Waals surface area contributed by atoms with E-state index in [4.69, 9.17) is 9.47 Å². The van der Waals surface area contributed by atoms with Crippen LogP contribution in [0, 0.1) is 0 Å². The number of ether oxygens (including phenoxy) is 2. The summed E-state index contributed by atoms with van der Waals surface area (Å²) in [7, 11) is 3.16. The van der Waals surface area contributed by atoms with E-state index in [1.807, 2.05) is 12.1 Å². The number of anilines is 1. The molecular weight excluding hydrogens is 358 g/mol. The molecule has 0 radical (unpaired) electrons. The third-order valence-corrected chi connectivity index (χ3v) is 4.79. The fourth-order valence-corrected chi connectivity index (χ4v) is 3.31. The standard InChI is InChI=1S/C20H21N5O3/c1-27-13-8-9-14(17(11-13)28-2)18-22-20(25-24-18)23-19(26)16-10-7-12-5-3-4-6-15(12)21-16/h7-11H,3-6H2,1-2H3,(H2,22,23,24,25,26). The molecule has 1 aliphatic rings. The molecule has 0 unspecified atom stereocenters. The van der Waals surface area contributed by atoms with Crippen LogP contribution in [0.25, 0.3) is 11.4 Å². The SMILES string of the molecule is COc1ccc(-c2nc(NC(=O)c3ccc4c(n3)CCCC4)n[nH]2)c(OC)c1. The fourth-order valence-electron chi connectivity index (χ4n) is 3.31. The summed E-state index contributed by atoms with van der Waals surface area (Å²) in [6.07, 6.45) is 4.23. The van der Waals surface area contributed by atoms with E-state index in [0.717, 1.165) is 25.0 Å². The molecule has 4 rings (SSSR count). The number of amides is 1. The van der Waals surface area contributed by atoms with Crippen LogP contribution in [0.5, 0.6) is 11.5 Å². The molecule has 28 heavy (non-hydrogen) atoms. The number of pyridine rings is 1. The van der Waals surface area contributed by atoms with Gasteiger partial charge in [-0.1, -0.05) is 6.07 Å². The van der Waals surface area contributed by atoms with Crippen LogP contribution in [-0.4, -0.2) is 40.3 Å². The van der Waals surface area contributed by atoms with E-state index in [1.54, 1.807) is 32.4 Å². The van der Waals surface area contributed by atoms with Gasteiger partial charge >= 0.3 is 0 Å². The Labute approximate surface area is 162 Å². The Bertz CT molecular complexity index is 1010. The number of aromatic amines is 1. The summed E-state index contributed by atoms with van der Waals surface area (Å²) in [4.78, 5) is 21.4. The Balaban J connectivity index is 1.53. The normalized spacial score (nSPS) is 12.9. The van der Waals surface area contributed by atoms with Gasteiger partial charge in [0.15, 0.2) is 5.82 Å². The van der Waals surface area contributed by atoms with Crippen molar-refractivity contribution in [3.63, 3.8) is 0 Å². The van der Waals surface area contributed by atoms with Gasteiger partial charge in [0.1, 0.15) is 17.2 Å². The predicted octanol–water partition coefficient (Wildman–Crippen LogP) is 3.02. The molecule has 0 atom stereocenters. The van der Waals surface area contributed by atoms with E-state index in [2.05, 4.69) is 25.5 Å². The molecule has 1 aliphatic carbocycles. The van der Waals surface area contributed by atoms with Crippen LogP contribution in [0.15, 0.2) is 30.3 Å². The van der Waals surface area contributed by atoms with Gasteiger partial charge in [-0.2, -0.15) is 4.98 Å². The van der Waals surface area contributed by atoms with Crippen molar-refractivity contribution in [2.45, 2.75) is 25.7 Å². The first-order valence-corrected chi connectivity index (χ1v) is 9.13. The molecule has 0 spiro atoms. The summed E-state index contributed by atoms with van der Waals surface area (Å²) in [5.41, 5.74) is 3.32. The average molecular weight is 379 g/mol. The van der Waals surface area contributed by atoms with Crippen LogP contribution >= 0.6 is 0 Å². The first-order chi connectivity index (χ1) is 13.7. The molecule has 0 saturated carbocycles. The van der Waals surface area contributed by atoms with Crippen LogP contribution in [0.2, 0.25) is 0 Å². The molecule has 0 saturated heterocycles. The molecular formula is C20H21N5O3. The minimum atomic E-state index is -0.333. The number of H-pyrrole nitrogens is 1. The number of methoxy groups -OCH3 is 2. The second-order valence-corrected chi connectivity index (χ2v) is 6.54. The van der Waals surface area contributed by atoms with Gasteiger partial charge < -0.3 is 9.47 Å². The average Bonchev–Trinajstić information content (AvgIpc) is 3.21. The summed E-state index contributed by atoms with van der Waals surface area (Å²) >= 11 is 0. The van der Waals surface area contributed by atoms with Crippen molar-refractivity contribution in [3.05, 3.63) is 47.3 Å². The maximum Gasteiger partial charge on any atom is 0.276 e. The van der Waals surface area contributed by atoms with Crippen molar-refractivity contribution in [3.8, 4) is 22.9 Å². The van der Waals surface area contributed by atoms with Gasteiger partial charge in [-0.05, 0) is 49.4 Å². The predicted molar refractivity (Wildman–Crippen MR) is 104 cm³/mol. The van der Waals surface area contributed by atoms with E-state index >= 15 is 0 Å². The molecule has 0 fully saturated rings. The Kier molecular flexibility index (Phi) is 4.92. The highest BCUT2D eigenvalue weighted by Gasteiger charge is 2.17. The van der Waals surface area contributed by atoms with Crippen molar-refractivity contribution < 1.29 is 14.3 Å². The van der Waals surface area contributed by atoms with E-state index in [1.165, 1.54) is 12.0 Å². The topological polar surface area (TPSA) is 102 Å². The number of fused-ring (bicyclic) bond motifs is 1. The van der Waals surface area contributed by atoms with Crippen molar-refractivity contribution in [1.82, 2.24) is 20.2 Å². The number of hydrogen-bond acceptors (Lipinski definition) is 6. The summed E-state index contributed by atoms with van der Waals surface area (Å²) in [6.45, 7) is 0. The van der Waals surface area contributed by atoms with Crippen molar-refractivity contribution >= 4 is 11.9 Å². The van der Waals surface area contributed by atoms with E-state index in [9.17, 15) is 4.79 Å². The molecule has 0 bridgehead atoms. The van der Waals surface area contributed by atoms with Gasteiger partial charge in [-0.3, -0.25) is 15.2 Å². The van der Waals surface area contributed by atoms with Gasteiger partial charge in [0, 0.05) is 11.8 Å². The van der Waals surface area contributed by atoms with Crippen LogP contribution in [0.4, 0.5) is 5.95 Å². The Morgan fingerprint density at radius 2 is 1.93 bits per heavy atom.